The molecule has 0 aliphatic heterocycles. The summed E-state index contributed by atoms with van der Waals surface area (Å²) in [5.41, 5.74) is 0.233. The van der Waals surface area contributed by atoms with Crippen LogP contribution in [-0.2, 0) is 11.2 Å². The van der Waals surface area contributed by atoms with Crippen molar-refractivity contribution < 1.29 is 15.0 Å². The van der Waals surface area contributed by atoms with Gasteiger partial charge in [-0.05, 0) is 37.5 Å². The Balaban J connectivity index is 2.79. The lowest BCUT2D eigenvalue weighted by Crippen LogP contribution is -2.30. The van der Waals surface area contributed by atoms with Crippen molar-refractivity contribution in [2.24, 2.45) is 5.41 Å². The normalized spacial score (nSPS) is 14.2. The molecular weight excluding hydrogens is 216 g/mol. The standard InChI is InChI=1S/C14H20O3/c1-3-4-9-14(2,13(16)17)10-11-5-7-12(15)8-6-11/h5-8,15H,3-4,9-10H2,1-2H3,(H,16,17). The number of unbranched alkanes of at least 4 members (excludes halogenated alkanes) is 1. The van der Waals surface area contributed by atoms with E-state index >= 15 is 0 Å². The Bertz CT molecular complexity index is 370. The van der Waals surface area contributed by atoms with E-state index in [2.05, 4.69) is 6.92 Å². The molecule has 94 valence electrons. The number of carboxylic acid groups (broad SMARTS) is 1. The van der Waals surface area contributed by atoms with Gasteiger partial charge < -0.3 is 10.2 Å². The Kier molecular flexibility index (Phi) is 4.55. The van der Waals surface area contributed by atoms with E-state index in [1.165, 1.54) is 0 Å². The Morgan fingerprint density at radius 1 is 1.29 bits per heavy atom. The van der Waals surface area contributed by atoms with E-state index < -0.39 is 11.4 Å². The minimum Gasteiger partial charge on any atom is -0.508 e. The molecule has 0 saturated carbocycles. The quantitative estimate of drug-likeness (QED) is 0.797. The van der Waals surface area contributed by atoms with Crippen molar-refractivity contribution in [3.05, 3.63) is 29.8 Å². The summed E-state index contributed by atoms with van der Waals surface area (Å²) in [6, 6.07) is 6.75. The van der Waals surface area contributed by atoms with E-state index in [9.17, 15) is 15.0 Å². The molecule has 0 saturated heterocycles. The molecule has 0 heterocycles. The Labute approximate surface area is 102 Å². The van der Waals surface area contributed by atoms with E-state index in [0.29, 0.717) is 12.8 Å². The zero-order valence-electron chi connectivity index (χ0n) is 10.4. The number of hydrogen-bond donors (Lipinski definition) is 2. The summed E-state index contributed by atoms with van der Waals surface area (Å²) in [7, 11) is 0. The number of aromatic hydroxyl groups is 1. The molecule has 1 rings (SSSR count). The molecule has 2 N–H and O–H groups in total. The van der Waals surface area contributed by atoms with Crippen molar-refractivity contribution in [2.45, 2.75) is 39.5 Å². The highest BCUT2D eigenvalue weighted by Crippen LogP contribution is 2.29. The molecule has 1 unspecified atom stereocenters. The molecule has 3 nitrogen and oxygen atoms in total. The fourth-order valence-corrected chi connectivity index (χ4v) is 1.90. The summed E-state index contributed by atoms with van der Waals surface area (Å²) in [6.07, 6.45) is 3.10. The van der Waals surface area contributed by atoms with Crippen molar-refractivity contribution in [1.82, 2.24) is 0 Å². The van der Waals surface area contributed by atoms with Gasteiger partial charge in [-0.25, -0.2) is 0 Å². The summed E-state index contributed by atoms with van der Waals surface area (Å²) in [4.78, 5) is 11.3. The second-order valence-corrected chi connectivity index (χ2v) is 4.81. The lowest BCUT2D eigenvalue weighted by Gasteiger charge is -2.24. The van der Waals surface area contributed by atoms with Crippen LogP contribution in [0, 0.1) is 5.41 Å². The predicted octanol–water partition coefficient (Wildman–Crippen LogP) is 3.22. The van der Waals surface area contributed by atoms with E-state index in [0.717, 1.165) is 18.4 Å². The Hall–Kier alpha value is -1.51. The molecule has 0 radical (unpaired) electrons. The van der Waals surface area contributed by atoms with Crippen LogP contribution in [0.25, 0.3) is 0 Å². The molecule has 0 aliphatic carbocycles. The van der Waals surface area contributed by atoms with Gasteiger partial charge >= 0.3 is 5.97 Å². The number of carboxylic acids is 1. The first-order valence-electron chi connectivity index (χ1n) is 5.99. The van der Waals surface area contributed by atoms with E-state index in [4.69, 9.17) is 0 Å². The van der Waals surface area contributed by atoms with Crippen LogP contribution in [0.15, 0.2) is 24.3 Å². The number of phenols is 1. The molecule has 0 spiro atoms. The molecule has 17 heavy (non-hydrogen) atoms. The Morgan fingerprint density at radius 3 is 2.35 bits per heavy atom. The van der Waals surface area contributed by atoms with E-state index in [1.54, 1.807) is 31.2 Å². The minimum atomic E-state index is -0.751. The maximum atomic E-state index is 11.3. The third-order valence-electron chi connectivity index (χ3n) is 3.13. The predicted molar refractivity (Wildman–Crippen MR) is 67.1 cm³/mol. The van der Waals surface area contributed by atoms with Gasteiger partial charge in [0.05, 0.1) is 5.41 Å². The maximum Gasteiger partial charge on any atom is 0.309 e. The van der Waals surface area contributed by atoms with Crippen molar-refractivity contribution in [2.75, 3.05) is 0 Å². The van der Waals surface area contributed by atoms with Gasteiger partial charge in [-0.1, -0.05) is 31.9 Å². The molecule has 0 aliphatic rings. The van der Waals surface area contributed by atoms with Gasteiger partial charge in [0.2, 0.25) is 0 Å². The highest BCUT2D eigenvalue weighted by molar-refractivity contribution is 5.74. The van der Waals surface area contributed by atoms with Crippen LogP contribution >= 0.6 is 0 Å². The summed E-state index contributed by atoms with van der Waals surface area (Å²) in [5.74, 6) is -0.543. The molecule has 1 aromatic rings. The maximum absolute atomic E-state index is 11.3. The third-order valence-corrected chi connectivity index (χ3v) is 3.13. The largest absolute Gasteiger partial charge is 0.508 e. The Morgan fingerprint density at radius 2 is 1.88 bits per heavy atom. The van der Waals surface area contributed by atoms with Crippen LogP contribution in [0.4, 0.5) is 0 Å². The molecule has 3 heteroatoms. The summed E-state index contributed by atoms with van der Waals surface area (Å²) < 4.78 is 0. The fourth-order valence-electron chi connectivity index (χ4n) is 1.90. The van der Waals surface area contributed by atoms with Crippen molar-refractivity contribution in [3.8, 4) is 5.75 Å². The minimum absolute atomic E-state index is 0.208. The lowest BCUT2D eigenvalue weighted by molar-refractivity contribution is -0.148. The second-order valence-electron chi connectivity index (χ2n) is 4.81. The smallest absolute Gasteiger partial charge is 0.309 e. The van der Waals surface area contributed by atoms with Gasteiger partial charge in [0.1, 0.15) is 5.75 Å². The van der Waals surface area contributed by atoms with Gasteiger partial charge in [0, 0.05) is 0 Å². The van der Waals surface area contributed by atoms with Gasteiger partial charge in [-0.15, -0.1) is 0 Å². The molecule has 0 fully saturated rings. The third kappa shape index (κ3) is 3.77. The zero-order valence-corrected chi connectivity index (χ0v) is 10.4. The van der Waals surface area contributed by atoms with Gasteiger partial charge in [-0.3, -0.25) is 4.79 Å². The second kappa shape index (κ2) is 5.71. The number of hydrogen-bond acceptors (Lipinski definition) is 2. The average Bonchev–Trinajstić information content (AvgIpc) is 2.29. The topological polar surface area (TPSA) is 57.5 Å². The highest BCUT2D eigenvalue weighted by Gasteiger charge is 2.32. The molecular formula is C14H20O3. The number of phenolic OH excluding ortho intramolecular Hbond substituents is 1. The van der Waals surface area contributed by atoms with Crippen molar-refractivity contribution in [3.63, 3.8) is 0 Å². The van der Waals surface area contributed by atoms with Crippen LogP contribution in [0.2, 0.25) is 0 Å². The lowest BCUT2D eigenvalue weighted by atomic mass is 9.79. The SMILES string of the molecule is CCCCC(C)(Cc1ccc(O)cc1)C(=O)O. The number of rotatable bonds is 6. The average molecular weight is 236 g/mol. The summed E-state index contributed by atoms with van der Waals surface area (Å²) >= 11 is 0. The van der Waals surface area contributed by atoms with Crippen molar-refractivity contribution >= 4 is 5.97 Å². The van der Waals surface area contributed by atoms with Crippen LogP contribution in [-0.4, -0.2) is 16.2 Å². The number of carbonyl (C=O) groups is 1. The highest BCUT2D eigenvalue weighted by atomic mass is 16.4. The zero-order chi connectivity index (χ0) is 12.9. The number of aliphatic carboxylic acids is 1. The van der Waals surface area contributed by atoms with Crippen LogP contribution in [0.1, 0.15) is 38.7 Å². The van der Waals surface area contributed by atoms with Crippen LogP contribution in [0.3, 0.4) is 0 Å². The van der Waals surface area contributed by atoms with Crippen LogP contribution in [0.5, 0.6) is 5.75 Å². The van der Waals surface area contributed by atoms with E-state index in [1.807, 2.05) is 0 Å². The molecule has 0 bridgehead atoms. The molecule has 1 aromatic carbocycles. The summed E-state index contributed by atoms with van der Waals surface area (Å²) in [6.45, 7) is 3.85. The first-order chi connectivity index (χ1) is 7.98. The van der Waals surface area contributed by atoms with Gasteiger partial charge in [-0.2, -0.15) is 0 Å². The van der Waals surface area contributed by atoms with Gasteiger partial charge in [0.25, 0.3) is 0 Å². The monoisotopic (exact) mass is 236 g/mol. The fraction of sp³-hybridized carbons (Fsp3) is 0.500. The first-order valence-corrected chi connectivity index (χ1v) is 5.99. The molecule has 0 aromatic heterocycles. The summed E-state index contributed by atoms with van der Waals surface area (Å²) in [5, 5.41) is 18.5. The molecule has 1 atom stereocenters. The number of benzene rings is 1. The van der Waals surface area contributed by atoms with E-state index in [-0.39, 0.29) is 5.75 Å². The van der Waals surface area contributed by atoms with Crippen molar-refractivity contribution in [1.29, 1.82) is 0 Å². The first kappa shape index (κ1) is 13.6. The molecule has 0 amide bonds. The van der Waals surface area contributed by atoms with Crippen LogP contribution < -0.4 is 0 Å². The van der Waals surface area contributed by atoms with Gasteiger partial charge in [0.15, 0.2) is 0 Å².